The van der Waals surface area contributed by atoms with Gasteiger partial charge in [0.25, 0.3) is 11.8 Å². The predicted octanol–water partition coefficient (Wildman–Crippen LogP) is 5.90. The van der Waals surface area contributed by atoms with Crippen LogP contribution in [0.5, 0.6) is 5.75 Å². The Kier molecular flexibility index (Phi) is 7.49. The molecule has 0 aliphatic carbocycles. The first-order valence-electron chi connectivity index (χ1n) is 9.31. The maximum absolute atomic E-state index is 14.2. The highest BCUT2D eigenvalue weighted by Crippen LogP contribution is 2.24. The smallest absolute Gasteiger partial charge is 0.406 e. The van der Waals surface area contributed by atoms with Crippen LogP contribution in [0.15, 0.2) is 83.0 Å². The van der Waals surface area contributed by atoms with E-state index in [9.17, 15) is 27.2 Å². The van der Waals surface area contributed by atoms with E-state index >= 15 is 0 Å². The molecular weight excluding hydrogens is 508 g/mol. The van der Waals surface area contributed by atoms with Gasteiger partial charge in [0.1, 0.15) is 17.3 Å². The molecule has 0 unspecified atom stereocenters. The number of hydrogen-bond acceptors (Lipinski definition) is 3. The molecule has 2 amide bonds. The standard InChI is InChI=1S/C23H15BrF4N2O3/c24-16-6-11-19(25)15(12-16)13-20(30-21(31)14-4-2-1-3-5-14)22(32)29-17-7-9-18(10-8-17)33-23(26,27)28/h1-13H,(H,29,32)(H,30,31). The minimum absolute atomic E-state index is 0.0248. The molecule has 0 saturated heterocycles. The van der Waals surface area contributed by atoms with E-state index in [2.05, 4.69) is 31.3 Å². The van der Waals surface area contributed by atoms with E-state index in [4.69, 9.17) is 0 Å². The Morgan fingerprint density at radius 2 is 1.61 bits per heavy atom. The number of anilines is 1. The van der Waals surface area contributed by atoms with Crippen LogP contribution >= 0.6 is 15.9 Å². The number of amides is 2. The third kappa shape index (κ3) is 7.18. The lowest BCUT2D eigenvalue weighted by Gasteiger charge is -2.13. The van der Waals surface area contributed by atoms with Crippen molar-refractivity contribution >= 4 is 39.5 Å². The first kappa shape index (κ1) is 24.0. The molecule has 0 saturated carbocycles. The molecule has 0 bridgehead atoms. The zero-order valence-corrected chi connectivity index (χ0v) is 18.2. The monoisotopic (exact) mass is 522 g/mol. The van der Waals surface area contributed by atoms with Crippen molar-refractivity contribution in [1.29, 1.82) is 0 Å². The summed E-state index contributed by atoms with van der Waals surface area (Å²) in [5.74, 6) is -2.53. The van der Waals surface area contributed by atoms with E-state index in [1.54, 1.807) is 18.2 Å². The Labute approximate surface area is 194 Å². The van der Waals surface area contributed by atoms with Gasteiger partial charge in [0.05, 0.1) is 0 Å². The Hall–Kier alpha value is -3.66. The topological polar surface area (TPSA) is 67.4 Å². The lowest BCUT2D eigenvalue weighted by Crippen LogP contribution is -2.30. The number of hydrogen-bond donors (Lipinski definition) is 2. The number of nitrogens with one attached hydrogen (secondary N) is 2. The predicted molar refractivity (Wildman–Crippen MR) is 118 cm³/mol. The zero-order chi connectivity index (χ0) is 24.0. The van der Waals surface area contributed by atoms with Crippen molar-refractivity contribution in [3.8, 4) is 5.75 Å². The van der Waals surface area contributed by atoms with Crippen LogP contribution in [0.25, 0.3) is 6.08 Å². The summed E-state index contributed by atoms with van der Waals surface area (Å²) in [4.78, 5) is 25.4. The summed E-state index contributed by atoms with van der Waals surface area (Å²) < 4.78 is 55.5. The number of carbonyl (C=O) groups is 2. The van der Waals surface area contributed by atoms with Crippen molar-refractivity contribution in [2.24, 2.45) is 0 Å². The average molecular weight is 523 g/mol. The summed E-state index contributed by atoms with van der Waals surface area (Å²) in [6.07, 6.45) is -3.70. The highest BCUT2D eigenvalue weighted by atomic mass is 79.9. The highest BCUT2D eigenvalue weighted by molar-refractivity contribution is 9.10. The second kappa shape index (κ2) is 10.3. The third-order valence-corrected chi connectivity index (χ3v) is 4.63. The van der Waals surface area contributed by atoms with E-state index in [0.717, 1.165) is 18.2 Å². The molecule has 5 nitrogen and oxygen atoms in total. The van der Waals surface area contributed by atoms with Gasteiger partial charge >= 0.3 is 6.36 Å². The van der Waals surface area contributed by atoms with E-state index in [1.165, 1.54) is 42.5 Å². The second-order valence-corrected chi connectivity index (χ2v) is 7.49. The molecule has 3 rings (SSSR count). The van der Waals surface area contributed by atoms with E-state index in [0.29, 0.717) is 4.47 Å². The number of halogens is 5. The number of carbonyl (C=O) groups excluding carboxylic acids is 2. The number of ether oxygens (including phenoxy) is 1. The largest absolute Gasteiger partial charge is 0.573 e. The molecule has 10 heteroatoms. The van der Waals surface area contributed by atoms with Crippen molar-refractivity contribution in [2.45, 2.75) is 6.36 Å². The number of benzene rings is 3. The molecule has 0 spiro atoms. The van der Waals surface area contributed by atoms with Gasteiger partial charge in [0.2, 0.25) is 0 Å². The Morgan fingerprint density at radius 1 is 0.939 bits per heavy atom. The fourth-order valence-electron chi connectivity index (χ4n) is 2.66. The molecule has 33 heavy (non-hydrogen) atoms. The molecule has 0 aliphatic rings. The third-order valence-electron chi connectivity index (χ3n) is 4.13. The molecule has 0 atom stereocenters. The highest BCUT2D eigenvalue weighted by Gasteiger charge is 2.31. The molecule has 0 aliphatic heterocycles. The van der Waals surface area contributed by atoms with Gasteiger partial charge in [-0.3, -0.25) is 9.59 Å². The van der Waals surface area contributed by atoms with E-state index < -0.39 is 29.7 Å². The van der Waals surface area contributed by atoms with Crippen LogP contribution in [-0.2, 0) is 4.79 Å². The lowest BCUT2D eigenvalue weighted by atomic mass is 10.1. The van der Waals surface area contributed by atoms with Crippen molar-refractivity contribution in [1.82, 2.24) is 5.32 Å². The van der Waals surface area contributed by atoms with Crippen LogP contribution in [0.1, 0.15) is 15.9 Å². The Balaban J connectivity index is 1.86. The van der Waals surface area contributed by atoms with Crippen molar-refractivity contribution in [3.63, 3.8) is 0 Å². The summed E-state index contributed by atoms with van der Waals surface area (Å²) in [6.45, 7) is 0. The molecular formula is C23H15BrF4N2O3. The average Bonchev–Trinajstić information content (AvgIpc) is 2.76. The van der Waals surface area contributed by atoms with Crippen LogP contribution in [0.4, 0.5) is 23.2 Å². The van der Waals surface area contributed by atoms with Gasteiger partial charge in [0.15, 0.2) is 0 Å². The summed E-state index contributed by atoms with van der Waals surface area (Å²) >= 11 is 3.22. The van der Waals surface area contributed by atoms with Gasteiger partial charge in [-0.25, -0.2) is 4.39 Å². The molecule has 0 radical (unpaired) electrons. The molecule has 3 aromatic carbocycles. The van der Waals surface area contributed by atoms with Gasteiger partial charge in [0, 0.05) is 21.3 Å². The van der Waals surface area contributed by atoms with Gasteiger partial charge in [-0.05, 0) is 60.7 Å². The molecule has 0 heterocycles. The quantitative estimate of drug-likeness (QED) is 0.313. The maximum atomic E-state index is 14.2. The van der Waals surface area contributed by atoms with Gasteiger partial charge in [-0.15, -0.1) is 13.2 Å². The van der Waals surface area contributed by atoms with Crippen LogP contribution < -0.4 is 15.4 Å². The van der Waals surface area contributed by atoms with Crippen LogP contribution in [0, 0.1) is 5.82 Å². The molecule has 0 fully saturated rings. The van der Waals surface area contributed by atoms with Gasteiger partial charge in [-0.2, -0.15) is 0 Å². The van der Waals surface area contributed by atoms with Crippen LogP contribution in [-0.4, -0.2) is 18.2 Å². The second-order valence-electron chi connectivity index (χ2n) is 6.57. The summed E-state index contributed by atoms with van der Waals surface area (Å²) in [7, 11) is 0. The Morgan fingerprint density at radius 3 is 2.24 bits per heavy atom. The molecule has 0 aromatic heterocycles. The van der Waals surface area contributed by atoms with Crippen molar-refractivity contribution in [2.75, 3.05) is 5.32 Å². The fourth-order valence-corrected chi connectivity index (χ4v) is 3.04. The fraction of sp³-hybridized carbons (Fsp3) is 0.0435. The van der Waals surface area contributed by atoms with Crippen LogP contribution in [0.2, 0.25) is 0 Å². The Bertz CT molecular complexity index is 1180. The number of alkyl halides is 3. The molecule has 3 aromatic rings. The minimum Gasteiger partial charge on any atom is -0.406 e. The zero-order valence-electron chi connectivity index (χ0n) is 16.6. The summed E-state index contributed by atoms with van der Waals surface area (Å²) in [5, 5.41) is 4.90. The molecule has 2 N–H and O–H groups in total. The summed E-state index contributed by atoms with van der Waals surface area (Å²) in [6, 6.07) is 16.5. The van der Waals surface area contributed by atoms with Gasteiger partial charge < -0.3 is 15.4 Å². The molecule has 170 valence electrons. The maximum Gasteiger partial charge on any atom is 0.573 e. The summed E-state index contributed by atoms with van der Waals surface area (Å²) in [5.41, 5.74) is 0.136. The lowest BCUT2D eigenvalue weighted by molar-refractivity contribution is -0.274. The normalized spacial score (nSPS) is 11.6. The first-order chi connectivity index (χ1) is 15.6. The first-order valence-corrected chi connectivity index (χ1v) is 10.1. The van der Waals surface area contributed by atoms with Crippen molar-refractivity contribution < 1.29 is 31.9 Å². The van der Waals surface area contributed by atoms with Gasteiger partial charge in [-0.1, -0.05) is 34.1 Å². The SMILES string of the molecule is O=C(Nc1ccc(OC(F)(F)F)cc1)C(=Cc1cc(Br)ccc1F)NC(=O)c1ccccc1. The van der Waals surface area contributed by atoms with Crippen molar-refractivity contribution in [3.05, 3.63) is 99.9 Å². The van der Waals surface area contributed by atoms with E-state index in [-0.39, 0.29) is 22.5 Å². The van der Waals surface area contributed by atoms with Crippen LogP contribution in [0.3, 0.4) is 0 Å². The minimum atomic E-state index is -4.85. The van der Waals surface area contributed by atoms with E-state index in [1.807, 2.05) is 0 Å². The number of rotatable bonds is 6.